The van der Waals surface area contributed by atoms with Crippen molar-refractivity contribution in [2.75, 3.05) is 20.2 Å². The number of nitrogens with one attached hydrogen (secondary N) is 2. The molecule has 2 rings (SSSR count). The van der Waals surface area contributed by atoms with Gasteiger partial charge < -0.3 is 20.1 Å². The van der Waals surface area contributed by atoms with E-state index in [2.05, 4.69) is 43.5 Å². The molecule has 0 saturated carbocycles. The lowest BCUT2D eigenvalue weighted by molar-refractivity contribution is -0.127. The van der Waals surface area contributed by atoms with E-state index in [9.17, 15) is 14.4 Å². The number of carbonyl (C=O) groups is 3. The highest BCUT2D eigenvalue weighted by Crippen LogP contribution is 2.24. The largest absolute Gasteiger partial charge is 0.489 e. The SMILES string of the molecule is CNC(=O)CNC(=O)COC(=O)c1ccc(COc2ccc(C(C)(C)C)cc2)cc1. The molecule has 0 aliphatic carbocycles. The van der Waals surface area contributed by atoms with Gasteiger partial charge in [0.25, 0.3) is 5.91 Å². The van der Waals surface area contributed by atoms with Crippen molar-refractivity contribution in [2.24, 2.45) is 0 Å². The lowest BCUT2D eigenvalue weighted by Crippen LogP contribution is -2.37. The zero-order chi connectivity index (χ0) is 22.1. The molecule has 2 aromatic rings. The van der Waals surface area contributed by atoms with E-state index in [4.69, 9.17) is 9.47 Å². The smallest absolute Gasteiger partial charge is 0.338 e. The molecule has 0 bridgehead atoms. The highest BCUT2D eigenvalue weighted by Gasteiger charge is 2.13. The summed E-state index contributed by atoms with van der Waals surface area (Å²) in [5, 5.41) is 4.72. The van der Waals surface area contributed by atoms with Crippen LogP contribution in [0.5, 0.6) is 5.75 Å². The minimum absolute atomic E-state index is 0.0911. The summed E-state index contributed by atoms with van der Waals surface area (Å²) in [5.41, 5.74) is 2.55. The molecular formula is C23H28N2O5. The molecule has 2 N–H and O–H groups in total. The molecule has 0 aliphatic heterocycles. The van der Waals surface area contributed by atoms with Gasteiger partial charge in [0.15, 0.2) is 6.61 Å². The van der Waals surface area contributed by atoms with Crippen LogP contribution in [0.2, 0.25) is 0 Å². The summed E-state index contributed by atoms with van der Waals surface area (Å²) in [7, 11) is 1.46. The summed E-state index contributed by atoms with van der Waals surface area (Å²) in [5.74, 6) is -0.725. The topological polar surface area (TPSA) is 93.7 Å². The van der Waals surface area contributed by atoms with Gasteiger partial charge in [-0.25, -0.2) is 4.79 Å². The first-order valence-electron chi connectivity index (χ1n) is 9.65. The second-order valence-electron chi connectivity index (χ2n) is 7.79. The van der Waals surface area contributed by atoms with Gasteiger partial charge in [-0.05, 0) is 40.8 Å². The van der Waals surface area contributed by atoms with E-state index in [0.29, 0.717) is 12.2 Å². The fourth-order valence-corrected chi connectivity index (χ4v) is 2.49. The third-order valence-corrected chi connectivity index (χ3v) is 4.37. The van der Waals surface area contributed by atoms with E-state index in [1.54, 1.807) is 24.3 Å². The Morgan fingerprint density at radius 2 is 1.53 bits per heavy atom. The van der Waals surface area contributed by atoms with Crippen LogP contribution in [0.15, 0.2) is 48.5 Å². The van der Waals surface area contributed by atoms with Gasteiger partial charge in [0.2, 0.25) is 5.91 Å². The summed E-state index contributed by atoms with van der Waals surface area (Å²) in [4.78, 5) is 34.7. The molecule has 0 aliphatic rings. The van der Waals surface area contributed by atoms with Crippen molar-refractivity contribution < 1.29 is 23.9 Å². The molecule has 2 amide bonds. The molecule has 0 aromatic heterocycles. The van der Waals surface area contributed by atoms with Crippen LogP contribution in [-0.2, 0) is 26.3 Å². The van der Waals surface area contributed by atoms with Crippen molar-refractivity contribution >= 4 is 17.8 Å². The first-order chi connectivity index (χ1) is 14.2. The number of ether oxygens (including phenoxy) is 2. The fourth-order valence-electron chi connectivity index (χ4n) is 2.49. The highest BCUT2D eigenvalue weighted by molar-refractivity contribution is 5.92. The van der Waals surface area contributed by atoms with E-state index in [-0.39, 0.29) is 17.9 Å². The Kier molecular flexibility index (Phi) is 7.98. The third-order valence-electron chi connectivity index (χ3n) is 4.37. The predicted octanol–water partition coefficient (Wildman–Crippen LogP) is 2.58. The first kappa shape index (κ1) is 22.9. The van der Waals surface area contributed by atoms with Crippen molar-refractivity contribution in [3.05, 3.63) is 65.2 Å². The predicted molar refractivity (Wildman–Crippen MR) is 113 cm³/mol. The van der Waals surface area contributed by atoms with Crippen LogP contribution < -0.4 is 15.4 Å². The number of benzene rings is 2. The molecule has 2 aromatic carbocycles. The lowest BCUT2D eigenvalue weighted by atomic mass is 9.87. The number of hydrogen-bond acceptors (Lipinski definition) is 5. The van der Waals surface area contributed by atoms with Gasteiger partial charge in [0.05, 0.1) is 12.1 Å². The Bertz CT molecular complexity index is 868. The van der Waals surface area contributed by atoms with Crippen molar-refractivity contribution in [3.8, 4) is 5.75 Å². The molecule has 7 heteroatoms. The van der Waals surface area contributed by atoms with Crippen molar-refractivity contribution in [2.45, 2.75) is 32.8 Å². The quantitative estimate of drug-likeness (QED) is 0.650. The van der Waals surface area contributed by atoms with Gasteiger partial charge in [-0.1, -0.05) is 45.0 Å². The Balaban J connectivity index is 1.80. The van der Waals surface area contributed by atoms with Crippen LogP contribution in [0.3, 0.4) is 0 Å². The minimum atomic E-state index is -0.615. The van der Waals surface area contributed by atoms with Crippen LogP contribution in [0.1, 0.15) is 42.3 Å². The average Bonchev–Trinajstić information content (AvgIpc) is 2.74. The van der Waals surface area contributed by atoms with Crippen molar-refractivity contribution in [1.82, 2.24) is 10.6 Å². The van der Waals surface area contributed by atoms with E-state index < -0.39 is 18.5 Å². The fraction of sp³-hybridized carbons (Fsp3) is 0.348. The monoisotopic (exact) mass is 412 g/mol. The number of likely N-dealkylation sites (N-methyl/N-ethyl adjacent to an activating group) is 1. The molecule has 7 nitrogen and oxygen atoms in total. The maximum Gasteiger partial charge on any atom is 0.338 e. The summed E-state index contributed by atoms with van der Waals surface area (Å²) in [6, 6.07) is 14.8. The van der Waals surface area contributed by atoms with Gasteiger partial charge >= 0.3 is 5.97 Å². The maximum atomic E-state index is 12.0. The second kappa shape index (κ2) is 10.4. The molecule has 0 unspecified atom stereocenters. The molecule has 0 atom stereocenters. The van der Waals surface area contributed by atoms with E-state index in [1.165, 1.54) is 12.6 Å². The normalized spacial score (nSPS) is 10.8. The van der Waals surface area contributed by atoms with Gasteiger partial charge in [0, 0.05) is 7.05 Å². The zero-order valence-electron chi connectivity index (χ0n) is 17.8. The van der Waals surface area contributed by atoms with Gasteiger partial charge in [0.1, 0.15) is 12.4 Å². The Labute approximate surface area is 176 Å². The highest BCUT2D eigenvalue weighted by atomic mass is 16.5. The molecule has 0 saturated heterocycles. The van der Waals surface area contributed by atoms with Crippen LogP contribution in [-0.4, -0.2) is 38.0 Å². The van der Waals surface area contributed by atoms with E-state index in [1.807, 2.05) is 12.1 Å². The van der Waals surface area contributed by atoms with Crippen LogP contribution in [0.25, 0.3) is 0 Å². The summed E-state index contributed by atoms with van der Waals surface area (Å²) >= 11 is 0. The Morgan fingerprint density at radius 3 is 2.10 bits per heavy atom. The van der Waals surface area contributed by atoms with Crippen LogP contribution in [0, 0.1) is 0 Å². The molecule has 0 radical (unpaired) electrons. The van der Waals surface area contributed by atoms with E-state index in [0.717, 1.165) is 11.3 Å². The van der Waals surface area contributed by atoms with Gasteiger partial charge in [-0.3, -0.25) is 9.59 Å². The molecule has 30 heavy (non-hydrogen) atoms. The number of rotatable bonds is 8. The van der Waals surface area contributed by atoms with Crippen LogP contribution >= 0.6 is 0 Å². The van der Waals surface area contributed by atoms with Crippen molar-refractivity contribution in [1.29, 1.82) is 0 Å². The second-order valence-corrected chi connectivity index (χ2v) is 7.79. The standard InChI is InChI=1S/C23H28N2O5/c1-23(2,3)18-9-11-19(12-10-18)29-14-16-5-7-17(8-6-16)22(28)30-15-21(27)25-13-20(26)24-4/h5-12H,13-15H2,1-4H3,(H,24,26)(H,25,27). The number of carbonyl (C=O) groups excluding carboxylic acids is 3. The maximum absolute atomic E-state index is 12.0. The summed E-state index contributed by atoms with van der Waals surface area (Å²) < 4.78 is 10.7. The first-order valence-corrected chi connectivity index (χ1v) is 9.65. The van der Waals surface area contributed by atoms with Gasteiger partial charge in [-0.2, -0.15) is 0 Å². The molecule has 160 valence electrons. The third kappa shape index (κ3) is 7.24. The van der Waals surface area contributed by atoms with Crippen molar-refractivity contribution in [3.63, 3.8) is 0 Å². The number of hydrogen-bond donors (Lipinski definition) is 2. The molecule has 0 fully saturated rings. The summed E-state index contributed by atoms with van der Waals surface area (Å²) in [6.07, 6.45) is 0. The molecule has 0 heterocycles. The molecule has 0 spiro atoms. The average molecular weight is 412 g/mol. The minimum Gasteiger partial charge on any atom is -0.489 e. The summed E-state index contributed by atoms with van der Waals surface area (Å²) in [6.45, 7) is 6.23. The lowest BCUT2D eigenvalue weighted by Gasteiger charge is -2.19. The van der Waals surface area contributed by atoms with Gasteiger partial charge in [-0.15, -0.1) is 0 Å². The number of esters is 1. The van der Waals surface area contributed by atoms with Crippen LogP contribution in [0.4, 0.5) is 0 Å². The number of amides is 2. The van der Waals surface area contributed by atoms with E-state index >= 15 is 0 Å². The Morgan fingerprint density at radius 1 is 0.900 bits per heavy atom. The Hall–Kier alpha value is -3.35. The zero-order valence-corrected chi connectivity index (χ0v) is 17.8. The molecular weight excluding hydrogens is 384 g/mol.